The van der Waals surface area contributed by atoms with E-state index < -0.39 is 0 Å². The summed E-state index contributed by atoms with van der Waals surface area (Å²) in [6.07, 6.45) is 6.05. The monoisotopic (exact) mass is 126 g/mol. The van der Waals surface area contributed by atoms with E-state index in [2.05, 4.69) is 13.6 Å². The average molecular weight is 126 g/mol. The van der Waals surface area contributed by atoms with Crippen LogP contribution >= 0.6 is 0 Å². The maximum atomic E-state index is 3.75. The molecule has 0 bridgehead atoms. The van der Waals surface area contributed by atoms with Crippen LogP contribution in [0.3, 0.4) is 0 Å². The third-order valence-electron chi connectivity index (χ3n) is 2.27. The van der Waals surface area contributed by atoms with Crippen molar-refractivity contribution in [2.24, 2.45) is 0 Å². The second-order valence-electron chi connectivity index (χ2n) is 2.96. The van der Waals surface area contributed by atoms with Crippen LogP contribution in [0.1, 0.15) is 19.3 Å². The fourth-order valence-corrected chi connectivity index (χ4v) is 1.60. The van der Waals surface area contributed by atoms with Gasteiger partial charge in [-0.05, 0) is 0 Å². The minimum Gasteiger partial charge on any atom is -0.335 e. The summed E-state index contributed by atoms with van der Waals surface area (Å²) in [6, 6.07) is 0.877. The highest BCUT2D eigenvalue weighted by Crippen LogP contribution is 2.02. The first kappa shape index (κ1) is 6.81. The maximum Gasteiger partial charge on any atom is 0.0909 e. The van der Waals surface area contributed by atoms with Crippen LogP contribution in [0.5, 0.6) is 0 Å². The molecule has 1 N–H and O–H groups in total. The maximum absolute atomic E-state index is 3.75. The van der Waals surface area contributed by atoms with Gasteiger partial charge >= 0.3 is 0 Å². The second kappa shape index (κ2) is 3.02. The lowest BCUT2D eigenvalue weighted by atomic mass is 10.1. The molecule has 1 rings (SSSR count). The molecule has 1 saturated heterocycles. The van der Waals surface area contributed by atoms with Crippen molar-refractivity contribution >= 4 is 0 Å². The number of likely N-dealkylation sites (tertiary alicyclic amines) is 1. The summed E-state index contributed by atoms with van der Waals surface area (Å²) in [4.78, 5) is 1.69. The number of nitrogens with one attached hydrogen (secondary N) is 1. The molecule has 1 heteroatoms. The molecule has 0 aromatic rings. The Bertz CT molecular complexity index is 98.7. The molecular formula is C8H16N+. The largest absolute Gasteiger partial charge is 0.335 e. The Morgan fingerprint density at radius 3 is 3.00 bits per heavy atom. The van der Waals surface area contributed by atoms with Gasteiger partial charge in [0.2, 0.25) is 0 Å². The number of rotatable bonds is 2. The number of hydrogen-bond donors (Lipinski definition) is 1. The Labute approximate surface area is 57.4 Å². The Morgan fingerprint density at radius 1 is 1.78 bits per heavy atom. The summed E-state index contributed by atoms with van der Waals surface area (Å²) in [5, 5.41) is 0. The molecule has 1 heterocycles. The highest BCUT2D eigenvalue weighted by molar-refractivity contribution is 4.74. The standard InChI is InChI=1S/C8H15N/c1-3-5-8-6-4-7-9(8)2/h3,8H,1,4-7H2,2H3/p+1. The van der Waals surface area contributed by atoms with Crippen LogP contribution in [0, 0.1) is 0 Å². The summed E-state index contributed by atoms with van der Waals surface area (Å²) in [6.45, 7) is 5.10. The lowest BCUT2D eigenvalue weighted by Gasteiger charge is -2.13. The van der Waals surface area contributed by atoms with Gasteiger partial charge in [0.25, 0.3) is 0 Å². The van der Waals surface area contributed by atoms with E-state index in [4.69, 9.17) is 0 Å². The summed E-state index contributed by atoms with van der Waals surface area (Å²) in [5.74, 6) is 0. The minimum atomic E-state index is 0.877. The molecule has 1 fully saturated rings. The van der Waals surface area contributed by atoms with Crippen molar-refractivity contribution < 1.29 is 4.90 Å². The van der Waals surface area contributed by atoms with Crippen molar-refractivity contribution in [1.29, 1.82) is 0 Å². The van der Waals surface area contributed by atoms with E-state index in [-0.39, 0.29) is 0 Å². The van der Waals surface area contributed by atoms with Gasteiger partial charge in [-0.25, -0.2) is 0 Å². The summed E-state index contributed by atoms with van der Waals surface area (Å²) in [5.41, 5.74) is 0. The van der Waals surface area contributed by atoms with Gasteiger partial charge in [0.05, 0.1) is 19.6 Å². The van der Waals surface area contributed by atoms with Gasteiger partial charge < -0.3 is 4.90 Å². The highest BCUT2D eigenvalue weighted by atomic mass is 15.1. The number of quaternary nitrogens is 1. The lowest BCUT2D eigenvalue weighted by Crippen LogP contribution is -3.10. The van der Waals surface area contributed by atoms with Crippen molar-refractivity contribution in [2.45, 2.75) is 25.3 Å². The zero-order chi connectivity index (χ0) is 6.69. The number of hydrogen-bond acceptors (Lipinski definition) is 0. The Balaban J connectivity index is 2.30. The van der Waals surface area contributed by atoms with Crippen molar-refractivity contribution in [2.75, 3.05) is 13.6 Å². The van der Waals surface area contributed by atoms with Gasteiger partial charge in [-0.2, -0.15) is 0 Å². The summed E-state index contributed by atoms with van der Waals surface area (Å²) >= 11 is 0. The molecule has 0 amide bonds. The zero-order valence-electron chi connectivity index (χ0n) is 6.19. The lowest BCUT2D eigenvalue weighted by molar-refractivity contribution is -0.891. The molecule has 1 aliphatic heterocycles. The molecule has 2 atom stereocenters. The first-order valence-electron chi connectivity index (χ1n) is 3.78. The van der Waals surface area contributed by atoms with Gasteiger partial charge in [0.1, 0.15) is 0 Å². The third kappa shape index (κ3) is 1.55. The van der Waals surface area contributed by atoms with Gasteiger partial charge in [-0.1, -0.05) is 6.08 Å². The van der Waals surface area contributed by atoms with E-state index in [0.717, 1.165) is 6.04 Å². The molecule has 0 aromatic heterocycles. The Kier molecular flexibility index (Phi) is 2.29. The molecule has 1 aliphatic rings. The van der Waals surface area contributed by atoms with Crippen LogP contribution in [0.25, 0.3) is 0 Å². The molecule has 1 nitrogen and oxygen atoms in total. The van der Waals surface area contributed by atoms with Gasteiger partial charge in [-0.3, -0.25) is 0 Å². The quantitative estimate of drug-likeness (QED) is 0.506. The molecule has 0 aliphatic carbocycles. The van der Waals surface area contributed by atoms with Crippen LogP contribution in [0.15, 0.2) is 12.7 Å². The van der Waals surface area contributed by atoms with Crippen molar-refractivity contribution in [3.8, 4) is 0 Å². The molecular weight excluding hydrogens is 110 g/mol. The van der Waals surface area contributed by atoms with Crippen LogP contribution in [-0.2, 0) is 0 Å². The molecule has 2 unspecified atom stereocenters. The molecule has 52 valence electrons. The molecule has 0 spiro atoms. The molecule has 0 saturated carbocycles. The molecule has 9 heavy (non-hydrogen) atoms. The smallest absolute Gasteiger partial charge is 0.0909 e. The SMILES string of the molecule is C=CCC1CCC[NH+]1C. The highest BCUT2D eigenvalue weighted by Gasteiger charge is 2.22. The van der Waals surface area contributed by atoms with Gasteiger partial charge in [-0.15, -0.1) is 6.58 Å². The Morgan fingerprint density at radius 2 is 2.56 bits per heavy atom. The van der Waals surface area contributed by atoms with E-state index in [1.54, 1.807) is 4.90 Å². The van der Waals surface area contributed by atoms with Crippen molar-refractivity contribution in [3.05, 3.63) is 12.7 Å². The van der Waals surface area contributed by atoms with Crippen molar-refractivity contribution in [1.82, 2.24) is 0 Å². The average Bonchev–Trinajstić information content (AvgIpc) is 2.18. The third-order valence-corrected chi connectivity index (χ3v) is 2.27. The predicted molar refractivity (Wildman–Crippen MR) is 39.6 cm³/mol. The predicted octanol–water partition coefficient (Wildman–Crippen LogP) is 0.240. The van der Waals surface area contributed by atoms with E-state index in [0.29, 0.717) is 0 Å². The zero-order valence-corrected chi connectivity index (χ0v) is 6.19. The normalized spacial score (nSPS) is 34.8. The molecule has 0 radical (unpaired) electrons. The van der Waals surface area contributed by atoms with E-state index >= 15 is 0 Å². The van der Waals surface area contributed by atoms with Crippen LogP contribution < -0.4 is 4.90 Å². The van der Waals surface area contributed by atoms with E-state index in [9.17, 15) is 0 Å². The fourth-order valence-electron chi connectivity index (χ4n) is 1.60. The van der Waals surface area contributed by atoms with Crippen LogP contribution in [-0.4, -0.2) is 19.6 Å². The van der Waals surface area contributed by atoms with Crippen LogP contribution in [0.2, 0.25) is 0 Å². The van der Waals surface area contributed by atoms with Crippen LogP contribution in [0.4, 0.5) is 0 Å². The van der Waals surface area contributed by atoms with Gasteiger partial charge in [0, 0.05) is 19.3 Å². The summed E-state index contributed by atoms with van der Waals surface area (Å²) in [7, 11) is 2.28. The Hall–Kier alpha value is -0.300. The fraction of sp³-hybridized carbons (Fsp3) is 0.750. The topological polar surface area (TPSA) is 4.44 Å². The first-order chi connectivity index (χ1) is 4.34. The molecule has 0 aromatic carbocycles. The van der Waals surface area contributed by atoms with E-state index in [1.165, 1.54) is 25.8 Å². The van der Waals surface area contributed by atoms with Gasteiger partial charge in [0.15, 0.2) is 0 Å². The second-order valence-corrected chi connectivity index (χ2v) is 2.96. The summed E-state index contributed by atoms with van der Waals surface area (Å²) < 4.78 is 0. The van der Waals surface area contributed by atoms with E-state index in [1.807, 2.05) is 6.08 Å². The first-order valence-corrected chi connectivity index (χ1v) is 3.78. The van der Waals surface area contributed by atoms with Crippen molar-refractivity contribution in [3.63, 3.8) is 0 Å². The minimum absolute atomic E-state index is 0.877.